The van der Waals surface area contributed by atoms with Gasteiger partial charge in [0.15, 0.2) is 0 Å². The summed E-state index contributed by atoms with van der Waals surface area (Å²) in [6.07, 6.45) is 0. The summed E-state index contributed by atoms with van der Waals surface area (Å²) >= 11 is 0. The van der Waals surface area contributed by atoms with E-state index in [1.165, 1.54) is 5.56 Å². The molecule has 0 radical (unpaired) electrons. The number of phenolic OH excluding ortho intramolecular Hbond substituents is 1. The number of ether oxygens (including phenoxy) is 1. The lowest BCUT2D eigenvalue weighted by Gasteiger charge is -2.29. The molecule has 3 heteroatoms. The summed E-state index contributed by atoms with van der Waals surface area (Å²) in [5.41, 5.74) is 3.90. The van der Waals surface area contributed by atoms with E-state index in [2.05, 4.69) is 32.8 Å². The zero-order valence-electron chi connectivity index (χ0n) is 13.1. The third-order valence-electron chi connectivity index (χ3n) is 4.36. The van der Waals surface area contributed by atoms with E-state index in [-0.39, 0.29) is 11.5 Å². The van der Waals surface area contributed by atoms with Gasteiger partial charge in [-0.3, -0.25) is 0 Å². The van der Waals surface area contributed by atoms with Crippen molar-refractivity contribution < 1.29 is 9.84 Å². The van der Waals surface area contributed by atoms with Gasteiger partial charge >= 0.3 is 0 Å². The fraction of sp³-hybridized carbons (Fsp3) is 0.625. The third-order valence-corrected chi connectivity index (χ3v) is 4.36. The van der Waals surface area contributed by atoms with E-state index in [9.17, 15) is 5.11 Å². The molecule has 0 bridgehead atoms. The number of hydrogen-bond acceptors (Lipinski definition) is 3. The molecule has 1 aromatic carbocycles. The molecule has 106 valence electrons. The van der Waals surface area contributed by atoms with Crippen molar-refractivity contribution >= 4 is 0 Å². The van der Waals surface area contributed by atoms with Gasteiger partial charge in [0.2, 0.25) is 0 Å². The SMILES string of the molecule is Cc1c(C)c2c(c(C)c1O)C(CN(C)C)C(C)(C)O2. The Morgan fingerprint density at radius 2 is 1.68 bits per heavy atom. The van der Waals surface area contributed by atoms with E-state index in [0.29, 0.717) is 5.75 Å². The van der Waals surface area contributed by atoms with E-state index in [0.717, 1.165) is 29.0 Å². The molecule has 0 fully saturated rings. The molecule has 0 saturated heterocycles. The van der Waals surface area contributed by atoms with Crippen LogP contribution in [0.15, 0.2) is 0 Å². The molecule has 1 atom stereocenters. The number of phenols is 1. The second kappa shape index (κ2) is 4.41. The highest BCUT2D eigenvalue weighted by atomic mass is 16.5. The Morgan fingerprint density at radius 1 is 1.11 bits per heavy atom. The van der Waals surface area contributed by atoms with Crippen LogP contribution in [0.2, 0.25) is 0 Å². The van der Waals surface area contributed by atoms with Crippen LogP contribution in [-0.4, -0.2) is 36.2 Å². The molecular formula is C16H25NO2. The summed E-state index contributed by atoms with van der Waals surface area (Å²) < 4.78 is 6.22. The Labute approximate surface area is 116 Å². The van der Waals surface area contributed by atoms with Crippen LogP contribution in [0.3, 0.4) is 0 Å². The molecule has 1 aliphatic rings. The first-order valence-corrected chi connectivity index (χ1v) is 6.83. The minimum Gasteiger partial charge on any atom is -0.507 e. The Morgan fingerprint density at radius 3 is 2.21 bits per heavy atom. The van der Waals surface area contributed by atoms with Crippen molar-refractivity contribution in [1.29, 1.82) is 0 Å². The first-order valence-electron chi connectivity index (χ1n) is 6.83. The zero-order valence-corrected chi connectivity index (χ0v) is 13.1. The minimum atomic E-state index is -0.234. The first kappa shape index (κ1) is 14.2. The van der Waals surface area contributed by atoms with Crippen molar-refractivity contribution in [3.05, 3.63) is 22.3 Å². The molecule has 0 aromatic heterocycles. The molecule has 1 N–H and O–H groups in total. The topological polar surface area (TPSA) is 32.7 Å². The lowest BCUT2D eigenvalue weighted by molar-refractivity contribution is 0.0972. The molecule has 1 unspecified atom stereocenters. The van der Waals surface area contributed by atoms with Crippen molar-refractivity contribution in [2.75, 3.05) is 20.6 Å². The van der Waals surface area contributed by atoms with Gasteiger partial charge in [-0.05, 0) is 65.4 Å². The maximum atomic E-state index is 10.3. The van der Waals surface area contributed by atoms with Crippen LogP contribution in [-0.2, 0) is 0 Å². The van der Waals surface area contributed by atoms with E-state index in [1.807, 2.05) is 20.8 Å². The van der Waals surface area contributed by atoms with Crippen molar-refractivity contribution in [2.45, 2.75) is 46.1 Å². The summed E-state index contributed by atoms with van der Waals surface area (Å²) in [5.74, 6) is 1.67. The molecule has 1 heterocycles. The van der Waals surface area contributed by atoms with Gasteiger partial charge in [0, 0.05) is 18.0 Å². The van der Waals surface area contributed by atoms with E-state index < -0.39 is 0 Å². The van der Waals surface area contributed by atoms with Crippen molar-refractivity contribution in [2.24, 2.45) is 0 Å². The van der Waals surface area contributed by atoms with Crippen LogP contribution in [0.5, 0.6) is 11.5 Å². The number of rotatable bonds is 2. The van der Waals surface area contributed by atoms with Crippen LogP contribution < -0.4 is 4.74 Å². The molecule has 0 amide bonds. The number of hydrogen-bond donors (Lipinski definition) is 1. The summed E-state index contributed by atoms with van der Waals surface area (Å²) in [6.45, 7) is 11.2. The number of benzene rings is 1. The third kappa shape index (κ3) is 2.10. The summed E-state index contributed by atoms with van der Waals surface area (Å²) in [5, 5.41) is 10.3. The largest absolute Gasteiger partial charge is 0.507 e. The molecule has 1 aromatic rings. The molecule has 0 spiro atoms. The smallest absolute Gasteiger partial charge is 0.127 e. The lowest BCUT2D eigenvalue weighted by Crippen LogP contribution is -2.36. The predicted octanol–water partition coefficient (Wildman–Crippen LogP) is 3.13. The number of fused-ring (bicyclic) bond motifs is 1. The van der Waals surface area contributed by atoms with Gasteiger partial charge in [0.25, 0.3) is 0 Å². The van der Waals surface area contributed by atoms with Gasteiger partial charge in [0.05, 0.1) is 0 Å². The minimum absolute atomic E-state index is 0.234. The van der Waals surface area contributed by atoms with Crippen LogP contribution in [0, 0.1) is 20.8 Å². The number of aromatic hydroxyl groups is 1. The molecule has 19 heavy (non-hydrogen) atoms. The average molecular weight is 263 g/mol. The lowest BCUT2D eigenvalue weighted by atomic mass is 9.83. The van der Waals surface area contributed by atoms with Gasteiger partial charge in [-0.25, -0.2) is 0 Å². The van der Waals surface area contributed by atoms with Gasteiger partial charge in [-0.1, -0.05) is 0 Å². The van der Waals surface area contributed by atoms with Crippen LogP contribution in [0.4, 0.5) is 0 Å². The maximum absolute atomic E-state index is 10.3. The molecule has 0 aliphatic carbocycles. The quantitative estimate of drug-likeness (QED) is 0.889. The standard InChI is InChI=1S/C16H25NO2/c1-9-10(2)15-13(11(3)14(9)18)12(8-17(6)7)16(4,5)19-15/h12,18H,8H2,1-7H3. The van der Waals surface area contributed by atoms with Gasteiger partial charge in [-0.15, -0.1) is 0 Å². The van der Waals surface area contributed by atoms with E-state index >= 15 is 0 Å². The van der Waals surface area contributed by atoms with Gasteiger partial charge < -0.3 is 14.7 Å². The molecule has 1 aliphatic heterocycles. The van der Waals surface area contributed by atoms with E-state index in [1.54, 1.807) is 0 Å². The van der Waals surface area contributed by atoms with Crippen LogP contribution in [0.25, 0.3) is 0 Å². The van der Waals surface area contributed by atoms with Gasteiger partial charge in [0.1, 0.15) is 17.1 Å². The van der Waals surface area contributed by atoms with Crippen molar-refractivity contribution in [1.82, 2.24) is 4.90 Å². The second-order valence-corrected chi connectivity index (χ2v) is 6.49. The second-order valence-electron chi connectivity index (χ2n) is 6.49. The first-order chi connectivity index (χ1) is 8.66. The van der Waals surface area contributed by atoms with Crippen molar-refractivity contribution in [3.63, 3.8) is 0 Å². The highest BCUT2D eigenvalue weighted by Gasteiger charge is 2.44. The molecule has 3 nitrogen and oxygen atoms in total. The van der Waals surface area contributed by atoms with Crippen LogP contribution >= 0.6 is 0 Å². The Hall–Kier alpha value is -1.22. The maximum Gasteiger partial charge on any atom is 0.127 e. The van der Waals surface area contributed by atoms with Crippen molar-refractivity contribution in [3.8, 4) is 11.5 Å². The zero-order chi connectivity index (χ0) is 14.5. The Balaban J connectivity index is 2.65. The number of nitrogens with zero attached hydrogens (tertiary/aromatic N) is 1. The molecule has 0 saturated carbocycles. The fourth-order valence-corrected chi connectivity index (χ4v) is 3.04. The molecular weight excluding hydrogens is 238 g/mol. The van der Waals surface area contributed by atoms with Crippen LogP contribution in [0.1, 0.15) is 42.0 Å². The predicted molar refractivity (Wildman–Crippen MR) is 78.3 cm³/mol. The summed E-state index contributed by atoms with van der Waals surface area (Å²) in [6, 6.07) is 0. The Bertz CT molecular complexity index is 518. The van der Waals surface area contributed by atoms with Gasteiger partial charge in [-0.2, -0.15) is 0 Å². The summed E-state index contributed by atoms with van der Waals surface area (Å²) in [7, 11) is 4.15. The van der Waals surface area contributed by atoms with E-state index in [4.69, 9.17) is 4.74 Å². The average Bonchev–Trinajstić information content (AvgIpc) is 2.56. The highest BCUT2D eigenvalue weighted by molar-refractivity contribution is 5.61. The number of likely N-dealkylation sites (N-methyl/N-ethyl adjacent to an activating group) is 1. The summed E-state index contributed by atoms with van der Waals surface area (Å²) in [4.78, 5) is 2.18. The Kier molecular flexibility index (Phi) is 3.29. The fourth-order valence-electron chi connectivity index (χ4n) is 3.04. The highest BCUT2D eigenvalue weighted by Crippen LogP contribution is 2.51. The normalized spacial score (nSPS) is 20.5. The monoisotopic (exact) mass is 263 g/mol. The molecule has 2 rings (SSSR count).